The standard InChI is InChI=1S/C36H52N5O5Si/c1-26(2)23-45-15-14-44-16-17-46-33-19-32(41-28(4)18-27(3)39-41)20-34(21-33)47(24-35(42)43)25-40-13-11-29(22-40)7-9-31-10-8-30-6-5-12-37-36(30)38-31/h8,10,18-21,26,29H,5-7,9,11-17,22-25H2,1-4H3,(H,37,38)(H,42,43)/t29-/m1/s1. The molecule has 1 atom stereocenters. The number of aliphatic carboxylic acids is 1. The number of likely N-dealkylation sites (tertiary alicyclic amines) is 1. The molecule has 1 saturated heterocycles. The van der Waals surface area contributed by atoms with E-state index >= 15 is 0 Å². The number of hydrogen-bond donors (Lipinski definition) is 2. The van der Waals surface area contributed by atoms with Crippen molar-refractivity contribution in [1.82, 2.24) is 19.7 Å². The second-order valence-electron chi connectivity index (χ2n) is 13.4. The van der Waals surface area contributed by atoms with Crippen LogP contribution in [0.3, 0.4) is 0 Å². The summed E-state index contributed by atoms with van der Waals surface area (Å²) in [6.45, 7) is 13.9. The van der Waals surface area contributed by atoms with Gasteiger partial charge in [-0.3, -0.25) is 4.79 Å². The minimum Gasteiger partial charge on any atom is -0.491 e. The van der Waals surface area contributed by atoms with Crippen LogP contribution in [0.1, 0.15) is 55.8 Å². The summed E-state index contributed by atoms with van der Waals surface area (Å²) < 4.78 is 19.4. The first-order valence-corrected chi connectivity index (χ1v) is 19.1. The maximum atomic E-state index is 12.2. The van der Waals surface area contributed by atoms with Gasteiger partial charge in [-0.2, -0.15) is 5.10 Å². The molecular weight excluding hydrogens is 611 g/mol. The van der Waals surface area contributed by atoms with E-state index in [1.165, 1.54) is 12.0 Å². The molecule has 5 rings (SSSR count). The number of aryl methyl sites for hydroxylation is 4. The highest BCUT2D eigenvalue weighted by atomic mass is 28.3. The lowest BCUT2D eigenvalue weighted by molar-refractivity contribution is -0.134. The molecule has 0 unspecified atom stereocenters. The van der Waals surface area contributed by atoms with Gasteiger partial charge in [-0.1, -0.05) is 25.1 Å². The smallest absolute Gasteiger partial charge is 0.300 e. The minimum absolute atomic E-state index is 0.150. The molecule has 4 heterocycles. The molecule has 1 aromatic carbocycles. The Morgan fingerprint density at radius 1 is 1.11 bits per heavy atom. The number of benzene rings is 1. The summed E-state index contributed by atoms with van der Waals surface area (Å²) in [6.07, 6.45) is 6.26. The average molecular weight is 663 g/mol. The number of carboxylic acid groups (broad SMARTS) is 1. The molecule has 0 amide bonds. The zero-order valence-corrected chi connectivity index (χ0v) is 29.6. The van der Waals surface area contributed by atoms with E-state index in [0.29, 0.717) is 44.0 Å². The summed E-state index contributed by atoms with van der Waals surface area (Å²) in [5.41, 5.74) is 5.33. The maximum absolute atomic E-state index is 12.2. The summed E-state index contributed by atoms with van der Waals surface area (Å²) in [7, 11) is -1.48. The van der Waals surface area contributed by atoms with Crippen LogP contribution < -0.4 is 15.2 Å². The Balaban J connectivity index is 1.22. The molecule has 47 heavy (non-hydrogen) atoms. The summed E-state index contributed by atoms with van der Waals surface area (Å²) in [5.74, 6) is 2.11. The third-order valence-electron chi connectivity index (χ3n) is 8.78. The zero-order chi connectivity index (χ0) is 33.2. The zero-order valence-electron chi connectivity index (χ0n) is 28.6. The molecule has 1 radical (unpaired) electrons. The van der Waals surface area contributed by atoms with Gasteiger partial charge in [0, 0.05) is 43.2 Å². The van der Waals surface area contributed by atoms with Crippen molar-refractivity contribution in [2.24, 2.45) is 11.8 Å². The van der Waals surface area contributed by atoms with Crippen molar-refractivity contribution in [2.45, 2.75) is 65.8 Å². The Bertz CT molecular complexity index is 1460. The van der Waals surface area contributed by atoms with E-state index in [0.717, 1.165) is 91.9 Å². The van der Waals surface area contributed by atoms with Crippen molar-refractivity contribution in [1.29, 1.82) is 0 Å². The monoisotopic (exact) mass is 662 g/mol. The van der Waals surface area contributed by atoms with Gasteiger partial charge in [0.1, 0.15) is 27.0 Å². The van der Waals surface area contributed by atoms with Gasteiger partial charge in [0.15, 0.2) is 0 Å². The molecule has 0 spiro atoms. The first kappa shape index (κ1) is 35.1. The third kappa shape index (κ3) is 10.6. The predicted molar refractivity (Wildman–Crippen MR) is 187 cm³/mol. The van der Waals surface area contributed by atoms with Crippen LogP contribution >= 0.6 is 0 Å². The fourth-order valence-corrected chi connectivity index (χ4v) is 8.88. The number of carbonyl (C=O) groups is 1. The van der Waals surface area contributed by atoms with Crippen LogP contribution in [0, 0.1) is 25.7 Å². The fourth-order valence-electron chi connectivity index (χ4n) is 6.49. The second-order valence-corrected chi connectivity index (χ2v) is 15.9. The van der Waals surface area contributed by atoms with E-state index in [-0.39, 0.29) is 6.04 Å². The largest absolute Gasteiger partial charge is 0.491 e. The minimum atomic E-state index is -1.48. The fraction of sp³-hybridized carbons (Fsp3) is 0.583. The Labute approximate surface area is 281 Å². The molecule has 0 bridgehead atoms. The molecule has 2 aromatic heterocycles. The van der Waals surface area contributed by atoms with Gasteiger partial charge in [0.2, 0.25) is 0 Å². The van der Waals surface area contributed by atoms with Crippen LogP contribution in [0.15, 0.2) is 36.4 Å². The van der Waals surface area contributed by atoms with E-state index in [1.807, 2.05) is 36.7 Å². The van der Waals surface area contributed by atoms with Crippen molar-refractivity contribution in [3.8, 4) is 11.4 Å². The molecule has 255 valence electrons. The second kappa shape index (κ2) is 17.2. The molecule has 11 heteroatoms. The quantitative estimate of drug-likeness (QED) is 0.149. The topological polar surface area (TPSA) is 111 Å². The summed E-state index contributed by atoms with van der Waals surface area (Å²) >= 11 is 0. The predicted octanol–water partition coefficient (Wildman–Crippen LogP) is 4.59. The molecule has 0 aliphatic carbocycles. The van der Waals surface area contributed by atoms with E-state index in [1.54, 1.807) is 0 Å². The first-order valence-electron chi connectivity index (χ1n) is 17.2. The van der Waals surface area contributed by atoms with E-state index in [2.05, 4.69) is 42.3 Å². The lowest BCUT2D eigenvalue weighted by atomic mass is 10.00. The van der Waals surface area contributed by atoms with E-state index in [4.69, 9.17) is 24.3 Å². The SMILES string of the molecule is Cc1cc(C)n(-c2cc(OCCOCCOCC(C)C)cc([Si](CC(=O)O)CN3CC[C@@H](CCc4ccc5c(n4)NCCC5)C3)c2)n1. The number of nitrogens with zero attached hydrogens (tertiary/aromatic N) is 4. The summed E-state index contributed by atoms with van der Waals surface area (Å²) in [5, 5.41) is 19.2. The molecule has 2 aliphatic rings. The lowest BCUT2D eigenvalue weighted by Gasteiger charge is -2.23. The molecule has 3 aromatic rings. The van der Waals surface area contributed by atoms with Crippen LogP contribution in [0.2, 0.25) is 6.04 Å². The first-order chi connectivity index (χ1) is 22.7. The van der Waals surface area contributed by atoms with Crippen LogP contribution in [-0.2, 0) is 27.1 Å². The Morgan fingerprint density at radius 2 is 1.94 bits per heavy atom. The van der Waals surface area contributed by atoms with Gasteiger partial charge in [0.05, 0.1) is 31.2 Å². The molecule has 1 fully saturated rings. The summed E-state index contributed by atoms with van der Waals surface area (Å²) in [4.78, 5) is 19.5. The van der Waals surface area contributed by atoms with Crippen LogP contribution in [-0.4, -0.2) is 98.4 Å². The number of ether oxygens (including phenoxy) is 3. The number of rotatable bonds is 18. The van der Waals surface area contributed by atoms with Crippen molar-refractivity contribution in [2.75, 3.05) is 64.2 Å². The summed E-state index contributed by atoms with van der Waals surface area (Å²) in [6, 6.07) is 12.8. The van der Waals surface area contributed by atoms with Gasteiger partial charge in [-0.15, -0.1) is 0 Å². The number of hydrogen-bond acceptors (Lipinski definition) is 8. The average Bonchev–Trinajstić information content (AvgIpc) is 3.64. The Kier molecular flexibility index (Phi) is 12.9. The molecule has 0 saturated carbocycles. The Morgan fingerprint density at radius 3 is 2.72 bits per heavy atom. The van der Waals surface area contributed by atoms with Crippen molar-refractivity contribution >= 4 is 25.8 Å². The van der Waals surface area contributed by atoms with Crippen molar-refractivity contribution in [3.05, 3.63) is 59.0 Å². The van der Waals surface area contributed by atoms with Gasteiger partial charge in [-0.25, -0.2) is 9.67 Å². The number of pyridine rings is 1. The number of carboxylic acids is 1. The van der Waals surface area contributed by atoms with Crippen LogP contribution in [0.25, 0.3) is 5.69 Å². The number of fused-ring (bicyclic) bond motifs is 1. The van der Waals surface area contributed by atoms with E-state index in [9.17, 15) is 9.90 Å². The van der Waals surface area contributed by atoms with Gasteiger partial charge in [0.25, 0.3) is 0 Å². The van der Waals surface area contributed by atoms with Crippen LogP contribution in [0.5, 0.6) is 5.75 Å². The normalized spacial score (nSPS) is 16.5. The third-order valence-corrected chi connectivity index (χ3v) is 11.4. The molecular formula is C36H52N5O5Si. The maximum Gasteiger partial charge on any atom is 0.300 e. The van der Waals surface area contributed by atoms with Gasteiger partial charge >= 0.3 is 5.97 Å². The molecule has 10 nitrogen and oxygen atoms in total. The lowest BCUT2D eigenvalue weighted by Crippen LogP contribution is -2.44. The van der Waals surface area contributed by atoms with Gasteiger partial charge in [-0.05, 0) is 100 Å². The number of aromatic nitrogens is 3. The Hall–Kier alpha value is -3.25. The number of nitrogens with one attached hydrogen (secondary N) is 1. The van der Waals surface area contributed by atoms with Crippen molar-refractivity contribution in [3.63, 3.8) is 0 Å². The molecule has 2 aliphatic heterocycles. The highest BCUT2D eigenvalue weighted by Gasteiger charge is 2.28. The van der Waals surface area contributed by atoms with Crippen LogP contribution in [0.4, 0.5) is 5.82 Å². The number of anilines is 1. The highest BCUT2D eigenvalue weighted by Crippen LogP contribution is 2.25. The molecule has 2 N–H and O–H groups in total. The van der Waals surface area contributed by atoms with E-state index < -0.39 is 14.8 Å². The highest BCUT2D eigenvalue weighted by molar-refractivity contribution is 6.75. The van der Waals surface area contributed by atoms with Crippen molar-refractivity contribution < 1.29 is 24.1 Å². The van der Waals surface area contributed by atoms with Gasteiger partial charge < -0.3 is 29.5 Å².